The maximum absolute atomic E-state index is 12.8. The van der Waals surface area contributed by atoms with E-state index in [0.29, 0.717) is 12.4 Å². The Kier molecular flexibility index (Phi) is 4.27. The number of likely N-dealkylation sites (tertiary alicyclic amines) is 1. The number of carbonyl (C=O) groups is 1. The minimum Gasteiger partial charge on any atom is -0.384 e. The van der Waals surface area contributed by atoms with Crippen molar-refractivity contribution >= 4 is 17.5 Å². The first-order valence-corrected chi connectivity index (χ1v) is 8.60. The average molecular weight is 348 g/mol. The van der Waals surface area contributed by atoms with Crippen LogP contribution in [0.4, 0.5) is 16.3 Å². The lowest BCUT2D eigenvalue weighted by atomic mass is 10.0. The zero-order chi connectivity index (χ0) is 17.9. The fourth-order valence-corrected chi connectivity index (χ4v) is 3.42. The van der Waals surface area contributed by atoms with E-state index in [9.17, 15) is 4.79 Å². The summed E-state index contributed by atoms with van der Waals surface area (Å²) in [6.07, 6.45) is 5.29. The number of benzene rings is 1. The number of hydrogen-bond acceptors (Lipinski definition) is 4. The van der Waals surface area contributed by atoms with E-state index in [4.69, 9.17) is 5.73 Å². The van der Waals surface area contributed by atoms with Crippen LogP contribution >= 0.6 is 0 Å². The normalized spacial score (nSPS) is 16.6. The number of rotatable bonds is 3. The Morgan fingerprint density at radius 2 is 2.12 bits per heavy atom. The maximum Gasteiger partial charge on any atom is 0.322 e. The molecule has 0 spiro atoms. The number of anilines is 2. The van der Waals surface area contributed by atoms with Crippen molar-refractivity contribution in [2.24, 2.45) is 0 Å². The predicted molar refractivity (Wildman–Crippen MR) is 100 cm³/mol. The summed E-state index contributed by atoms with van der Waals surface area (Å²) in [5.41, 5.74) is 9.42. The smallest absolute Gasteiger partial charge is 0.322 e. The van der Waals surface area contributed by atoms with Crippen LogP contribution in [0.3, 0.4) is 0 Å². The van der Waals surface area contributed by atoms with E-state index in [1.807, 2.05) is 47.4 Å². The van der Waals surface area contributed by atoms with E-state index in [1.54, 1.807) is 12.4 Å². The van der Waals surface area contributed by atoms with Gasteiger partial charge in [0, 0.05) is 24.0 Å². The van der Waals surface area contributed by atoms with Crippen molar-refractivity contribution in [1.29, 1.82) is 0 Å². The van der Waals surface area contributed by atoms with E-state index in [-0.39, 0.29) is 12.1 Å². The highest BCUT2D eigenvalue weighted by Gasteiger charge is 2.33. The molecule has 7 nitrogen and oxygen atoms in total. The van der Waals surface area contributed by atoms with Gasteiger partial charge in [-0.15, -0.1) is 0 Å². The second-order valence-electron chi connectivity index (χ2n) is 6.31. The highest BCUT2D eigenvalue weighted by atomic mass is 16.2. The van der Waals surface area contributed by atoms with Crippen LogP contribution in [0.2, 0.25) is 0 Å². The number of aromatic amines is 1. The molecule has 1 aliphatic rings. The monoisotopic (exact) mass is 348 g/mol. The van der Waals surface area contributed by atoms with Crippen LogP contribution in [0.15, 0.2) is 54.9 Å². The van der Waals surface area contributed by atoms with Crippen molar-refractivity contribution in [3.63, 3.8) is 0 Å². The highest BCUT2D eigenvalue weighted by Crippen LogP contribution is 2.36. The Labute approximate surface area is 151 Å². The van der Waals surface area contributed by atoms with Gasteiger partial charge >= 0.3 is 6.03 Å². The van der Waals surface area contributed by atoms with E-state index in [0.717, 1.165) is 35.3 Å². The molecule has 2 amide bonds. The fraction of sp³-hybridized carbons (Fsp3) is 0.211. The van der Waals surface area contributed by atoms with Gasteiger partial charge in [-0.25, -0.2) is 9.78 Å². The molecule has 1 fully saturated rings. The molecular weight excluding hydrogens is 328 g/mol. The number of nitrogens with zero attached hydrogens (tertiary/aromatic N) is 3. The van der Waals surface area contributed by atoms with Gasteiger partial charge in [0.15, 0.2) is 0 Å². The zero-order valence-corrected chi connectivity index (χ0v) is 14.2. The van der Waals surface area contributed by atoms with Crippen LogP contribution in [0.25, 0.3) is 11.1 Å². The Morgan fingerprint density at radius 1 is 1.27 bits per heavy atom. The molecule has 1 atom stereocenters. The molecule has 26 heavy (non-hydrogen) atoms. The average Bonchev–Trinajstić information content (AvgIpc) is 3.31. The van der Waals surface area contributed by atoms with E-state index in [2.05, 4.69) is 20.5 Å². The lowest BCUT2D eigenvalue weighted by Crippen LogP contribution is -2.34. The number of carbonyl (C=O) groups excluding carboxylic acids is 1. The highest BCUT2D eigenvalue weighted by molar-refractivity contribution is 5.90. The van der Waals surface area contributed by atoms with Crippen LogP contribution < -0.4 is 11.1 Å². The summed E-state index contributed by atoms with van der Waals surface area (Å²) in [7, 11) is 0. The van der Waals surface area contributed by atoms with Crippen LogP contribution in [0.5, 0.6) is 0 Å². The molecule has 0 saturated carbocycles. The van der Waals surface area contributed by atoms with Gasteiger partial charge in [0.1, 0.15) is 5.82 Å². The summed E-state index contributed by atoms with van der Waals surface area (Å²) in [5.74, 6) is 0.458. The third-order valence-corrected chi connectivity index (χ3v) is 4.63. The lowest BCUT2D eigenvalue weighted by molar-refractivity contribution is 0.206. The maximum atomic E-state index is 12.8. The second kappa shape index (κ2) is 6.87. The standard InChI is InChI=1S/C19H20N6O/c20-17-11-13(8-9-21-17)15-12-22-24-18(15)16-7-4-10-25(16)19(26)23-14-5-2-1-3-6-14/h1-3,5-6,8-9,11-12,16H,4,7,10H2,(H2,20,21)(H,22,24)(H,23,26)/t16-/m1/s1. The lowest BCUT2D eigenvalue weighted by Gasteiger charge is -2.25. The molecule has 3 heterocycles. The van der Waals surface area contributed by atoms with Crippen LogP contribution in [0, 0.1) is 0 Å². The number of nitrogens with two attached hydrogens (primary N) is 1. The number of amides is 2. The van der Waals surface area contributed by atoms with Crippen molar-refractivity contribution in [3.8, 4) is 11.1 Å². The molecule has 3 aromatic rings. The van der Waals surface area contributed by atoms with E-state index >= 15 is 0 Å². The Bertz CT molecular complexity index is 907. The van der Waals surface area contributed by atoms with Gasteiger partial charge < -0.3 is 16.0 Å². The quantitative estimate of drug-likeness (QED) is 0.675. The molecule has 0 radical (unpaired) electrons. The molecule has 0 aliphatic carbocycles. The van der Waals surface area contributed by atoms with E-state index in [1.165, 1.54) is 0 Å². The van der Waals surface area contributed by atoms with Crippen LogP contribution in [-0.2, 0) is 0 Å². The SMILES string of the molecule is Nc1cc(-c2cn[nH]c2[C@H]2CCCN2C(=O)Nc2ccccc2)ccn1. The van der Waals surface area contributed by atoms with Gasteiger partial charge in [-0.1, -0.05) is 18.2 Å². The van der Waals surface area contributed by atoms with Gasteiger partial charge in [-0.05, 0) is 42.7 Å². The molecule has 4 rings (SSSR count). The van der Waals surface area contributed by atoms with Crippen molar-refractivity contribution < 1.29 is 4.79 Å². The minimum atomic E-state index is -0.103. The predicted octanol–water partition coefficient (Wildman–Crippen LogP) is 3.42. The third-order valence-electron chi connectivity index (χ3n) is 4.63. The van der Waals surface area contributed by atoms with Gasteiger partial charge in [-0.2, -0.15) is 5.10 Å². The van der Waals surface area contributed by atoms with Gasteiger partial charge in [0.05, 0.1) is 17.9 Å². The molecule has 132 valence electrons. The number of H-pyrrole nitrogens is 1. The second-order valence-corrected chi connectivity index (χ2v) is 6.31. The molecule has 2 aromatic heterocycles. The first-order valence-electron chi connectivity index (χ1n) is 8.60. The summed E-state index contributed by atoms with van der Waals surface area (Å²) < 4.78 is 0. The summed E-state index contributed by atoms with van der Waals surface area (Å²) in [6, 6.07) is 13.0. The number of aromatic nitrogens is 3. The van der Waals surface area contributed by atoms with Crippen molar-refractivity contribution in [2.75, 3.05) is 17.6 Å². The molecule has 0 bridgehead atoms. The zero-order valence-electron chi connectivity index (χ0n) is 14.2. The van der Waals surface area contributed by atoms with Crippen molar-refractivity contribution in [3.05, 3.63) is 60.6 Å². The third kappa shape index (κ3) is 3.11. The Balaban J connectivity index is 1.60. The van der Waals surface area contributed by atoms with E-state index < -0.39 is 0 Å². The molecular formula is C19H20N6O. The molecule has 1 saturated heterocycles. The van der Waals surface area contributed by atoms with Gasteiger partial charge in [0.2, 0.25) is 0 Å². The Morgan fingerprint density at radius 3 is 2.92 bits per heavy atom. The van der Waals surface area contributed by atoms with Gasteiger partial charge in [-0.3, -0.25) is 5.10 Å². The molecule has 4 N–H and O–H groups in total. The fourth-order valence-electron chi connectivity index (χ4n) is 3.42. The topological polar surface area (TPSA) is 99.9 Å². The van der Waals surface area contributed by atoms with Crippen molar-refractivity contribution in [1.82, 2.24) is 20.1 Å². The number of pyridine rings is 1. The van der Waals surface area contributed by atoms with Gasteiger partial charge in [0.25, 0.3) is 0 Å². The number of nitrogen functional groups attached to an aromatic ring is 1. The Hall–Kier alpha value is -3.35. The largest absolute Gasteiger partial charge is 0.384 e. The number of urea groups is 1. The first kappa shape index (κ1) is 16.1. The number of nitrogens with one attached hydrogen (secondary N) is 2. The van der Waals surface area contributed by atoms with Crippen LogP contribution in [-0.4, -0.2) is 32.7 Å². The first-order chi connectivity index (χ1) is 12.7. The molecule has 0 unspecified atom stereocenters. The van der Waals surface area contributed by atoms with Crippen molar-refractivity contribution in [2.45, 2.75) is 18.9 Å². The molecule has 7 heteroatoms. The summed E-state index contributed by atoms with van der Waals surface area (Å²) >= 11 is 0. The summed E-state index contributed by atoms with van der Waals surface area (Å²) in [5, 5.41) is 10.3. The summed E-state index contributed by atoms with van der Waals surface area (Å²) in [6.45, 7) is 0.709. The molecule has 1 aliphatic heterocycles. The number of hydrogen-bond donors (Lipinski definition) is 3. The van der Waals surface area contributed by atoms with Crippen LogP contribution in [0.1, 0.15) is 24.6 Å². The minimum absolute atomic E-state index is 0.0504. The number of para-hydroxylation sites is 1. The summed E-state index contributed by atoms with van der Waals surface area (Å²) in [4.78, 5) is 18.7. The molecule has 1 aromatic carbocycles.